The number of fused-ring (bicyclic) bond motifs is 1. The number of nitrogens with zero attached hydrogens (tertiary/aromatic N) is 2. The van der Waals surface area contributed by atoms with E-state index < -0.39 is 9.84 Å². The van der Waals surface area contributed by atoms with Gasteiger partial charge in [-0.2, -0.15) is 0 Å². The third kappa shape index (κ3) is 3.82. The molecule has 0 radical (unpaired) electrons. The zero-order valence-electron chi connectivity index (χ0n) is 15.0. The average molecular weight is 366 g/mol. The van der Waals surface area contributed by atoms with Gasteiger partial charge in [0.25, 0.3) is 0 Å². The van der Waals surface area contributed by atoms with E-state index in [0.717, 1.165) is 18.0 Å². The highest BCUT2D eigenvalue weighted by Gasteiger charge is 2.49. The van der Waals surface area contributed by atoms with Crippen molar-refractivity contribution in [2.75, 3.05) is 36.1 Å². The van der Waals surface area contributed by atoms with Crippen molar-refractivity contribution in [2.45, 2.75) is 32.9 Å². The molecule has 2 atom stereocenters. The van der Waals surface area contributed by atoms with E-state index in [0.29, 0.717) is 12.5 Å². The number of carbonyl (C=O) groups is 1. The lowest BCUT2D eigenvalue weighted by molar-refractivity contribution is -0.123. The maximum Gasteiger partial charge on any atom is 0.241 e. The van der Waals surface area contributed by atoms with E-state index in [1.54, 1.807) is 4.90 Å². The molecule has 2 fully saturated rings. The summed E-state index contributed by atoms with van der Waals surface area (Å²) in [6.07, 6.45) is 0. The molecular weight excluding hydrogens is 340 g/mol. The van der Waals surface area contributed by atoms with Crippen molar-refractivity contribution in [3.63, 3.8) is 0 Å². The standard InChI is InChI=1S/C18H26N2O4S/c1-4-24-15-7-5-14(6-8-15)20-17-12-25(22,23)11-16(17)19(9-13(2)3)10-18(20)21/h5-8,13,16-17H,4,9-12H2,1-3H3/t16-,17+/m0/s1. The number of anilines is 1. The lowest BCUT2D eigenvalue weighted by atomic mass is 10.0. The van der Waals surface area contributed by atoms with Gasteiger partial charge in [0, 0.05) is 18.3 Å². The zero-order valence-corrected chi connectivity index (χ0v) is 15.8. The molecule has 0 spiro atoms. The van der Waals surface area contributed by atoms with E-state index in [4.69, 9.17) is 4.74 Å². The van der Waals surface area contributed by atoms with Gasteiger partial charge < -0.3 is 9.64 Å². The number of hydrogen-bond acceptors (Lipinski definition) is 5. The quantitative estimate of drug-likeness (QED) is 0.791. The van der Waals surface area contributed by atoms with Crippen LogP contribution in [-0.2, 0) is 14.6 Å². The lowest BCUT2D eigenvalue weighted by Crippen LogP contribution is -2.62. The van der Waals surface area contributed by atoms with E-state index in [-0.39, 0.29) is 36.0 Å². The van der Waals surface area contributed by atoms with Crippen LogP contribution in [0, 0.1) is 5.92 Å². The van der Waals surface area contributed by atoms with Crippen LogP contribution in [0.15, 0.2) is 24.3 Å². The molecule has 0 saturated carbocycles. The second-order valence-corrected chi connectivity index (χ2v) is 9.38. The monoisotopic (exact) mass is 366 g/mol. The molecule has 7 heteroatoms. The minimum absolute atomic E-state index is 0.0329. The number of carbonyl (C=O) groups excluding carboxylic acids is 1. The predicted molar refractivity (Wildman–Crippen MR) is 97.7 cm³/mol. The molecular formula is C18H26N2O4S. The van der Waals surface area contributed by atoms with Gasteiger partial charge in [-0.25, -0.2) is 8.42 Å². The van der Waals surface area contributed by atoms with Crippen molar-refractivity contribution in [3.8, 4) is 5.75 Å². The Kier molecular flexibility index (Phi) is 5.06. The molecule has 25 heavy (non-hydrogen) atoms. The summed E-state index contributed by atoms with van der Waals surface area (Å²) >= 11 is 0. The molecule has 2 aliphatic heterocycles. The minimum atomic E-state index is -3.14. The summed E-state index contributed by atoms with van der Waals surface area (Å²) in [4.78, 5) is 16.5. The number of hydrogen-bond donors (Lipinski definition) is 0. The zero-order chi connectivity index (χ0) is 18.2. The first kappa shape index (κ1) is 18.2. The molecule has 1 aromatic rings. The highest BCUT2D eigenvalue weighted by molar-refractivity contribution is 7.91. The summed E-state index contributed by atoms with van der Waals surface area (Å²) in [5, 5.41) is 0. The van der Waals surface area contributed by atoms with Gasteiger partial charge >= 0.3 is 0 Å². The summed E-state index contributed by atoms with van der Waals surface area (Å²) in [6.45, 7) is 7.67. The van der Waals surface area contributed by atoms with Gasteiger partial charge in [0.15, 0.2) is 9.84 Å². The Morgan fingerprint density at radius 1 is 1.16 bits per heavy atom. The van der Waals surface area contributed by atoms with E-state index in [1.165, 1.54) is 0 Å². The molecule has 138 valence electrons. The number of sulfone groups is 1. The van der Waals surface area contributed by atoms with Crippen LogP contribution in [0.2, 0.25) is 0 Å². The fourth-order valence-corrected chi connectivity index (χ4v) is 5.81. The highest BCUT2D eigenvalue weighted by Crippen LogP contribution is 2.32. The molecule has 1 amide bonds. The number of piperazine rings is 1. The molecule has 3 rings (SSSR count). The third-order valence-electron chi connectivity index (χ3n) is 4.73. The fraction of sp³-hybridized carbons (Fsp3) is 0.611. The molecule has 0 aromatic heterocycles. The molecule has 1 aromatic carbocycles. The van der Waals surface area contributed by atoms with Gasteiger partial charge in [-0.1, -0.05) is 13.8 Å². The van der Waals surface area contributed by atoms with Crippen molar-refractivity contribution in [3.05, 3.63) is 24.3 Å². The molecule has 0 aliphatic carbocycles. The Morgan fingerprint density at radius 3 is 2.40 bits per heavy atom. The SMILES string of the molecule is CCOc1ccc(N2C(=O)CN(CC(C)C)[C@H]3CS(=O)(=O)C[C@H]32)cc1. The highest BCUT2D eigenvalue weighted by atomic mass is 32.2. The summed E-state index contributed by atoms with van der Waals surface area (Å²) in [5.41, 5.74) is 0.741. The van der Waals surface area contributed by atoms with Crippen LogP contribution in [0.1, 0.15) is 20.8 Å². The Bertz CT molecular complexity index is 730. The summed E-state index contributed by atoms with van der Waals surface area (Å²) in [7, 11) is -3.14. The van der Waals surface area contributed by atoms with E-state index >= 15 is 0 Å². The van der Waals surface area contributed by atoms with Crippen molar-refractivity contribution in [2.24, 2.45) is 5.92 Å². The van der Waals surface area contributed by atoms with E-state index in [1.807, 2.05) is 36.1 Å². The van der Waals surface area contributed by atoms with Gasteiger partial charge in [-0.3, -0.25) is 9.69 Å². The Balaban J connectivity index is 1.90. The van der Waals surface area contributed by atoms with Crippen molar-refractivity contribution in [1.29, 1.82) is 0 Å². The van der Waals surface area contributed by atoms with Crippen molar-refractivity contribution >= 4 is 21.4 Å². The van der Waals surface area contributed by atoms with Crippen LogP contribution in [0.3, 0.4) is 0 Å². The van der Waals surface area contributed by atoms with E-state index in [2.05, 4.69) is 13.8 Å². The topological polar surface area (TPSA) is 66.9 Å². The molecule has 2 saturated heterocycles. The van der Waals surface area contributed by atoms with Crippen molar-refractivity contribution in [1.82, 2.24) is 4.90 Å². The fourth-order valence-electron chi connectivity index (χ4n) is 3.83. The van der Waals surface area contributed by atoms with Gasteiger partial charge in [0.2, 0.25) is 5.91 Å². The van der Waals surface area contributed by atoms with Crippen molar-refractivity contribution < 1.29 is 17.9 Å². The van der Waals surface area contributed by atoms with Gasteiger partial charge in [-0.15, -0.1) is 0 Å². The van der Waals surface area contributed by atoms with Crippen LogP contribution in [0.25, 0.3) is 0 Å². The molecule has 6 nitrogen and oxygen atoms in total. The second kappa shape index (κ2) is 6.96. The maximum absolute atomic E-state index is 12.8. The first-order valence-electron chi connectivity index (χ1n) is 8.80. The Hall–Kier alpha value is -1.60. The normalized spacial score (nSPS) is 26.1. The smallest absolute Gasteiger partial charge is 0.241 e. The third-order valence-corrected chi connectivity index (χ3v) is 6.43. The van der Waals surface area contributed by atoms with Gasteiger partial charge in [-0.05, 0) is 37.1 Å². The van der Waals surface area contributed by atoms with Crippen LogP contribution >= 0.6 is 0 Å². The molecule has 0 N–H and O–H groups in total. The number of amides is 1. The van der Waals surface area contributed by atoms with Gasteiger partial charge in [0.05, 0.1) is 30.7 Å². The molecule has 0 unspecified atom stereocenters. The van der Waals surface area contributed by atoms with Crippen LogP contribution < -0.4 is 9.64 Å². The average Bonchev–Trinajstić information content (AvgIpc) is 2.84. The summed E-state index contributed by atoms with van der Waals surface area (Å²) in [5.74, 6) is 1.25. The summed E-state index contributed by atoms with van der Waals surface area (Å²) < 4.78 is 30.0. The number of benzene rings is 1. The largest absolute Gasteiger partial charge is 0.494 e. The lowest BCUT2D eigenvalue weighted by Gasteiger charge is -2.44. The molecule has 2 aliphatic rings. The first-order chi connectivity index (χ1) is 11.8. The Morgan fingerprint density at radius 2 is 1.80 bits per heavy atom. The number of ether oxygens (including phenoxy) is 1. The van der Waals surface area contributed by atoms with Crippen LogP contribution in [0.4, 0.5) is 5.69 Å². The second-order valence-electron chi connectivity index (χ2n) is 7.23. The summed E-state index contributed by atoms with van der Waals surface area (Å²) in [6, 6.07) is 6.88. The minimum Gasteiger partial charge on any atom is -0.494 e. The van der Waals surface area contributed by atoms with Crippen LogP contribution in [-0.4, -0.2) is 62.5 Å². The van der Waals surface area contributed by atoms with Gasteiger partial charge in [0.1, 0.15) is 5.75 Å². The first-order valence-corrected chi connectivity index (χ1v) is 10.6. The Labute approximate surface area is 149 Å². The van der Waals surface area contributed by atoms with E-state index in [9.17, 15) is 13.2 Å². The maximum atomic E-state index is 12.8. The predicted octanol–water partition coefficient (Wildman–Crippen LogP) is 1.56. The molecule has 0 bridgehead atoms. The molecule has 2 heterocycles. The van der Waals surface area contributed by atoms with Crippen LogP contribution in [0.5, 0.6) is 5.75 Å². The number of rotatable bonds is 5.